The maximum absolute atomic E-state index is 13.1. The Balaban J connectivity index is 1.35. The minimum absolute atomic E-state index is 0.0372. The van der Waals surface area contributed by atoms with E-state index in [4.69, 9.17) is 14.9 Å². The number of alkyl carbamates (subject to hydrolysis) is 1. The summed E-state index contributed by atoms with van der Waals surface area (Å²) in [4.78, 5) is 38.6. The second-order valence-corrected chi connectivity index (χ2v) is 10.9. The normalized spacial score (nSPS) is 13.7. The number of carbonyl (C=O) groups is 3. The summed E-state index contributed by atoms with van der Waals surface area (Å²) in [7, 11) is -1.74. The quantitative estimate of drug-likeness (QED) is 0.227. The molecule has 0 saturated heterocycles. The molecule has 39 heavy (non-hydrogen) atoms. The van der Waals surface area contributed by atoms with E-state index in [1.807, 2.05) is 68.4 Å². The molecule has 0 spiro atoms. The summed E-state index contributed by atoms with van der Waals surface area (Å²) in [6, 6.07) is 19.2. The summed E-state index contributed by atoms with van der Waals surface area (Å²) in [6.07, 6.45) is -0.503. The number of rotatable bonds is 12. The molecule has 0 aliphatic heterocycles. The second-order valence-electron chi connectivity index (χ2n) is 9.58. The molecule has 4 N–H and O–H groups in total. The largest absolute Gasteiger partial charge is 0.456 e. The van der Waals surface area contributed by atoms with Crippen molar-refractivity contribution in [2.45, 2.75) is 43.9 Å². The monoisotopic (exact) mass is 549 g/mol. The summed E-state index contributed by atoms with van der Waals surface area (Å²) in [6.45, 7) is 3.41. The zero-order valence-corrected chi connectivity index (χ0v) is 22.5. The molecule has 1 amide bonds. The molecule has 0 saturated carbocycles. The van der Waals surface area contributed by atoms with E-state index in [1.54, 1.807) is 18.2 Å². The predicted molar refractivity (Wildman–Crippen MR) is 149 cm³/mol. The highest BCUT2D eigenvalue weighted by atomic mass is 32.2. The van der Waals surface area contributed by atoms with Gasteiger partial charge in [-0.25, -0.2) is 13.7 Å². The van der Waals surface area contributed by atoms with Crippen molar-refractivity contribution in [2.24, 2.45) is 11.7 Å². The topological polar surface area (TPSA) is 141 Å². The summed E-state index contributed by atoms with van der Waals surface area (Å²) in [5.74, 6) is -1.24. The minimum atomic E-state index is -1.74. The summed E-state index contributed by atoms with van der Waals surface area (Å²) >= 11 is 0. The van der Waals surface area contributed by atoms with E-state index >= 15 is 0 Å². The molecule has 2 unspecified atom stereocenters. The Labute approximate surface area is 228 Å². The number of furan rings is 1. The van der Waals surface area contributed by atoms with E-state index < -0.39 is 47.3 Å². The summed E-state index contributed by atoms with van der Waals surface area (Å²) < 4.78 is 26.5. The Bertz CT molecular complexity index is 1500. The molecule has 1 aromatic heterocycles. The maximum Gasteiger partial charge on any atom is 0.408 e. The van der Waals surface area contributed by atoms with Gasteiger partial charge < -0.3 is 20.2 Å². The van der Waals surface area contributed by atoms with Crippen LogP contribution in [0, 0.1) is 5.92 Å². The van der Waals surface area contributed by atoms with Crippen LogP contribution in [0.2, 0.25) is 0 Å². The van der Waals surface area contributed by atoms with Gasteiger partial charge in [0.25, 0.3) is 0 Å². The third-order valence-corrected chi connectivity index (χ3v) is 7.24. The fourth-order valence-corrected chi connectivity index (χ4v) is 5.01. The van der Waals surface area contributed by atoms with Crippen LogP contribution >= 0.6 is 0 Å². The Morgan fingerprint density at radius 3 is 2.38 bits per heavy atom. The SMILES string of the molecule is CC(C)C[C@H](NC(=O)OCc1ccccc1)C(=O)C(N)C(=O)CNS(=O)c1ccc2oc3ccccc3c2c1. The standard InChI is InChI=1S/C29H31N3O6S/c1-18(2)14-23(32-29(35)37-17-19-8-4-3-5-9-19)28(34)27(30)24(33)16-31-39(36)20-12-13-26-22(15-20)21-10-6-7-11-25(21)38-26/h3-13,15,18,23,27,31H,14,16-17,30H2,1-2H3,(H,32,35)/t23-,27?,39?/m0/s1. The average molecular weight is 550 g/mol. The van der Waals surface area contributed by atoms with Gasteiger partial charge in [-0.3, -0.25) is 9.59 Å². The molecule has 0 aliphatic carbocycles. The highest BCUT2D eigenvalue weighted by molar-refractivity contribution is 7.83. The number of nitrogens with one attached hydrogen (secondary N) is 2. The highest BCUT2D eigenvalue weighted by Crippen LogP contribution is 2.29. The van der Waals surface area contributed by atoms with Crippen molar-refractivity contribution in [2.75, 3.05) is 6.54 Å². The number of hydrogen-bond donors (Lipinski definition) is 3. The van der Waals surface area contributed by atoms with Gasteiger partial charge in [-0.15, -0.1) is 0 Å². The highest BCUT2D eigenvalue weighted by Gasteiger charge is 2.31. The molecular weight excluding hydrogens is 518 g/mol. The van der Waals surface area contributed by atoms with Gasteiger partial charge in [0, 0.05) is 10.8 Å². The molecule has 3 atom stereocenters. The number of benzene rings is 3. The van der Waals surface area contributed by atoms with Gasteiger partial charge in [0.05, 0.1) is 17.5 Å². The van der Waals surface area contributed by atoms with E-state index in [-0.39, 0.29) is 18.9 Å². The zero-order valence-electron chi connectivity index (χ0n) is 21.7. The predicted octanol–water partition coefficient (Wildman–Crippen LogP) is 4.00. The number of nitrogens with two attached hydrogens (primary N) is 1. The van der Waals surface area contributed by atoms with Crippen LogP contribution in [0.25, 0.3) is 21.9 Å². The van der Waals surface area contributed by atoms with Gasteiger partial charge in [0.2, 0.25) is 0 Å². The molecule has 0 aliphatic rings. The van der Waals surface area contributed by atoms with E-state index in [1.165, 1.54) is 0 Å². The van der Waals surface area contributed by atoms with Gasteiger partial charge in [0.15, 0.2) is 11.6 Å². The summed E-state index contributed by atoms with van der Waals surface area (Å²) in [5.41, 5.74) is 8.16. The molecule has 4 aromatic rings. The fourth-order valence-electron chi connectivity index (χ4n) is 4.15. The number of hydrogen-bond acceptors (Lipinski definition) is 7. The first kappa shape index (κ1) is 28.2. The van der Waals surface area contributed by atoms with Gasteiger partial charge >= 0.3 is 6.09 Å². The van der Waals surface area contributed by atoms with Gasteiger partial charge in [-0.05, 0) is 42.2 Å². The van der Waals surface area contributed by atoms with E-state index in [9.17, 15) is 18.6 Å². The van der Waals surface area contributed by atoms with Crippen LogP contribution in [0.1, 0.15) is 25.8 Å². The first-order chi connectivity index (χ1) is 18.7. The van der Waals surface area contributed by atoms with Crippen LogP contribution in [0.4, 0.5) is 4.79 Å². The van der Waals surface area contributed by atoms with Crippen molar-refractivity contribution < 1.29 is 27.7 Å². The fraction of sp³-hybridized carbons (Fsp3) is 0.276. The van der Waals surface area contributed by atoms with Crippen LogP contribution in [-0.4, -0.2) is 40.5 Å². The molecule has 4 rings (SSSR count). The lowest BCUT2D eigenvalue weighted by atomic mass is 9.95. The third kappa shape index (κ3) is 7.17. The smallest absolute Gasteiger partial charge is 0.408 e. The minimum Gasteiger partial charge on any atom is -0.456 e. The lowest BCUT2D eigenvalue weighted by Gasteiger charge is -2.22. The number of amides is 1. The van der Waals surface area contributed by atoms with E-state index in [2.05, 4.69) is 10.0 Å². The molecule has 204 valence electrons. The molecular formula is C29H31N3O6S. The first-order valence-electron chi connectivity index (χ1n) is 12.6. The number of ketones is 2. The number of para-hydroxylation sites is 1. The van der Waals surface area contributed by atoms with Gasteiger partial charge in [-0.1, -0.05) is 62.4 Å². The lowest BCUT2D eigenvalue weighted by Crippen LogP contribution is -2.53. The van der Waals surface area contributed by atoms with Crippen molar-refractivity contribution >= 4 is 50.6 Å². The molecule has 0 fully saturated rings. The lowest BCUT2D eigenvalue weighted by molar-refractivity contribution is -0.129. The number of fused-ring (bicyclic) bond motifs is 3. The Hall–Kier alpha value is -3.86. The Kier molecular flexibility index (Phi) is 9.23. The van der Waals surface area contributed by atoms with Gasteiger partial charge in [0.1, 0.15) is 34.8 Å². The third-order valence-electron chi connectivity index (χ3n) is 6.15. The number of ether oxygens (including phenoxy) is 1. The second kappa shape index (κ2) is 12.8. The van der Waals surface area contributed by atoms with Crippen molar-refractivity contribution in [3.63, 3.8) is 0 Å². The molecule has 9 nitrogen and oxygen atoms in total. The molecule has 1 heterocycles. The first-order valence-corrected chi connectivity index (χ1v) is 13.7. The van der Waals surface area contributed by atoms with Crippen molar-refractivity contribution in [3.05, 3.63) is 78.4 Å². The average Bonchev–Trinajstić information content (AvgIpc) is 3.31. The molecule has 10 heteroatoms. The van der Waals surface area contributed by atoms with E-state index in [0.717, 1.165) is 21.9 Å². The van der Waals surface area contributed by atoms with Crippen LogP contribution < -0.4 is 15.8 Å². The molecule has 0 bridgehead atoms. The molecule has 0 radical (unpaired) electrons. The van der Waals surface area contributed by atoms with Crippen LogP contribution in [0.15, 0.2) is 82.1 Å². The van der Waals surface area contributed by atoms with Crippen molar-refractivity contribution in [3.8, 4) is 0 Å². The van der Waals surface area contributed by atoms with Crippen LogP contribution in [-0.2, 0) is 31.9 Å². The Morgan fingerprint density at radius 2 is 1.64 bits per heavy atom. The van der Waals surface area contributed by atoms with Gasteiger partial charge in [-0.2, -0.15) is 0 Å². The van der Waals surface area contributed by atoms with Crippen LogP contribution in [0.3, 0.4) is 0 Å². The van der Waals surface area contributed by atoms with Crippen molar-refractivity contribution in [1.82, 2.24) is 10.0 Å². The molecule has 3 aromatic carbocycles. The number of Topliss-reactive ketones (excluding diaryl/α,β-unsaturated/α-hetero) is 2. The van der Waals surface area contributed by atoms with E-state index in [0.29, 0.717) is 10.5 Å². The summed E-state index contributed by atoms with van der Waals surface area (Å²) in [5, 5.41) is 4.24. The Morgan fingerprint density at radius 1 is 0.949 bits per heavy atom. The maximum atomic E-state index is 13.1. The van der Waals surface area contributed by atoms with Crippen LogP contribution in [0.5, 0.6) is 0 Å². The zero-order chi connectivity index (χ0) is 27.9. The van der Waals surface area contributed by atoms with Crippen molar-refractivity contribution in [1.29, 1.82) is 0 Å². The number of carbonyl (C=O) groups excluding carboxylic acids is 3.